The minimum Gasteiger partial charge on any atom is -0.464 e. The number of benzene rings is 1. The van der Waals surface area contributed by atoms with Crippen molar-refractivity contribution in [1.82, 2.24) is 5.73 Å². The van der Waals surface area contributed by atoms with Crippen LogP contribution in [0.5, 0.6) is 0 Å². The average Bonchev–Trinajstić information content (AvgIpc) is 2.36. The Bertz CT molecular complexity index is 351. The van der Waals surface area contributed by atoms with Gasteiger partial charge in [-0.3, -0.25) is 0 Å². The van der Waals surface area contributed by atoms with Crippen LogP contribution in [0, 0.1) is 0 Å². The molecule has 1 N–H and O–H groups in total. The molecule has 0 atom stereocenters. The zero-order chi connectivity index (χ0) is 6.97. The van der Waals surface area contributed by atoms with E-state index in [9.17, 15) is 0 Å². The van der Waals surface area contributed by atoms with E-state index in [0.717, 1.165) is 11.0 Å². The number of nitrogens with one attached hydrogen (secondary N) is 1. The van der Waals surface area contributed by atoms with Gasteiger partial charge in [0.25, 0.3) is 0 Å². The molecule has 0 aliphatic rings. The second kappa shape index (κ2) is 1.77. The van der Waals surface area contributed by atoms with Crippen molar-refractivity contribution in [3.05, 3.63) is 30.5 Å². The smallest absolute Gasteiger partial charge is 0.135 e. The molecule has 0 spiro atoms. The first kappa shape index (κ1) is 5.35. The summed E-state index contributed by atoms with van der Waals surface area (Å²) in [7, 11) is 0. The van der Waals surface area contributed by atoms with E-state index in [1.54, 1.807) is 18.4 Å². The summed E-state index contributed by atoms with van der Waals surface area (Å²) in [5, 5.41) is 0.877. The molecule has 0 bridgehead atoms. The molecule has 0 aliphatic carbocycles. The third kappa shape index (κ3) is 0.589. The van der Waals surface area contributed by atoms with Crippen LogP contribution in [0.15, 0.2) is 34.9 Å². The lowest BCUT2D eigenvalue weighted by Gasteiger charge is -1.89. The predicted octanol–water partition coefficient (Wildman–Crippen LogP) is 2.35. The average molecular weight is 132 g/mol. The van der Waals surface area contributed by atoms with Crippen LogP contribution in [0.1, 0.15) is 0 Å². The van der Waals surface area contributed by atoms with Gasteiger partial charge in [-0.2, -0.15) is 0 Å². The predicted molar refractivity (Wildman–Crippen MR) is 39.0 cm³/mol. The Morgan fingerprint density at radius 2 is 2.10 bits per heavy atom. The van der Waals surface area contributed by atoms with Crippen molar-refractivity contribution in [2.24, 2.45) is 0 Å². The van der Waals surface area contributed by atoms with Crippen molar-refractivity contribution in [3.63, 3.8) is 0 Å². The maximum atomic E-state index is 7.42. The van der Waals surface area contributed by atoms with E-state index in [1.165, 1.54) is 0 Å². The van der Waals surface area contributed by atoms with Gasteiger partial charge in [-0.25, -0.2) is 0 Å². The minimum atomic E-state index is 0.520. The molecule has 49 valence electrons. The maximum Gasteiger partial charge on any atom is 0.135 e. The lowest BCUT2D eigenvalue weighted by atomic mass is 10.2. The van der Waals surface area contributed by atoms with Gasteiger partial charge in [0.2, 0.25) is 0 Å². The monoisotopic (exact) mass is 132 g/mol. The molecule has 1 aromatic carbocycles. The van der Waals surface area contributed by atoms with E-state index in [2.05, 4.69) is 0 Å². The summed E-state index contributed by atoms with van der Waals surface area (Å²) in [4.78, 5) is 0. The molecule has 2 heteroatoms. The molecule has 0 unspecified atom stereocenters. The fraction of sp³-hybridized carbons (Fsp3) is 0. The normalized spacial score (nSPS) is 10.4. The highest BCUT2D eigenvalue weighted by molar-refractivity contribution is 5.87. The number of fused-ring (bicyclic) bond motifs is 1. The third-order valence-electron chi connectivity index (χ3n) is 1.50. The van der Waals surface area contributed by atoms with Crippen LogP contribution in [0.4, 0.5) is 5.69 Å². The Kier molecular flexibility index (Phi) is 0.947. The maximum absolute atomic E-state index is 7.42. The van der Waals surface area contributed by atoms with Crippen molar-refractivity contribution >= 4 is 16.7 Å². The lowest BCUT2D eigenvalue weighted by Crippen LogP contribution is -1.67. The first-order valence-corrected chi connectivity index (χ1v) is 3.06. The van der Waals surface area contributed by atoms with Crippen LogP contribution < -0.4 is 5.73 Å². The molecular formula is C8H6NO. The molecule has 2 aromatic rings. The fourth-order valence-electron chi connectivity index (χ4n) is 0.994. The summed E-state index contributed by atoms with van der Waals surface area (Å²) >= 11 is 0. The molecule has 0 amide bonds. The third-order valence-corrected chi connectivity index (χ3v) is 1.50. The Hall–Kier alpha value is -1.44. The Morgan fingerprint density at radius 3 is 2.90 bits per heavy atom. The van der Waals surface area contributed by atoms with Crippen LogP contribution in [-0.2, 0) is 0 Å². The topological polar surface area (TPSA) is 36.9 Å². The quantitative estimate of drug-likeness (QED) is 0.542. The lowest BCUT2D eigenvalue weighted by molar-refractivity contribution is 0.616. The fourth-order valence-corrected chi connectivity index (χ4v) is 0.994. The van der Waals surface area contributed by atoms with Gasteiger partial charge in [0.1, 0.15) is 5.58 Å². The highest BCUT2D eigenvalue weighted by Gasteiger charge is 1.97. The summed E-state index contributed by atoms with van der Waals surface area (Å²) in [6.07, 6.45) is 1.60. The molecule has 0 fully saturated rings. The molecule has 0 aliphatic heterocycles. The van der Waals surface area contributed by atoms with Crippen LogP contribution in [0.25, 0.3) is 11.0 Å². The van der Waals surface area contributed by atoms with E-state index >= 15 is 0 Å². The van der Waals surface area contributed by atoms with E-state index in [4.69, 9.17) is 10.2 Å². The number of rotatable bonds is 0. The second-order valence-electron chi connectivity index (χ2n) is 2.14. The van der Waals surface area contributed by atoms with Crippen LogP contribution in [-0.4, -0.2) is 0 Å². The molecule has 1 radical (unpaired) electrons. The first-order valence-electron chi connectivity index (χ1n) is 3.06. The zero-order valence-corrected chi connectivity index (χ0v) is 5.29. The van der Waals surface area contributed by atoms with Crippen LogP contribution in [0.3, 0.4) is 0 Å². The summed E-state index contributed by atoms with van der Waals surface area (Å²) in [6.45, 7) is 0. The molecule has 1 heterocycles. The molecule has 10 heavy (non-hydrogen) atoms. The zero-order valence-electron chi connectivity index (χ0n) is 5.29. The van der Waals surface area contributed by atoms with Gasteiger partial charge in [0.15, 0.2) is 0 Å². The molecule has 0 saturated carbocycles. The van der Waals surface area contributed by atoms with Gasteiger partial charge in [-0.1, -0.05) is 6.07 Å². The van der Waals surface area contributed by atoms with Gasteiger partial charge in [0, 0.05) is 5.39 Å². The number of hydrogen-bond acceptors (Lipinski definition) is 1. The summed E-state index contributed by atoms with van der Waals surface area (Å²) in [5.74, 6) is 0. The summed E-state index contributed by atoms with van der Waals surface area (Å²) in [5.41, 5.74) is 8.72. The minimum absolute atomic E-state index is 0.520. The van der Waals surface area contributed by atoms with E-state index < -0.39 is 0 Å². The molecule has 2 nitrogen and oxygen atoms in total. The van der Waals surface area contributed by atoms with Gasteiger partial charge in [-0.05, 0) is 18.2 Å². The van der Waals surface area contributed by atoms with Crippen molar-refractivity contribution in [1.29, 1.82) is 0 Å². The Morgan fingerprint density at radius 1 is 1.20 bits per heavy atom. The van der Waals surface area contributed by atoms with Crippen molar-refractivity contribution in [2.75, 3.05) is 0 Å². The largest absolute Gasteiger partial charge is 0.464 e. The van der Waals surface area contributed by atoms with Crippen molar-refractivity contribution in [2.45, 2.75) is 0 Å². The van der Waals surface area contributed by atoms with Crippen molar-refractivity contribution < 1.29 is 4.42 Å². The van der Waals surface area contributed by atoms with Gasteiger partial charge >= 0.3 is 0 Å². The summed E-state index contributed by atoms with van der Waals surface area (Å²) < 4.78 is 5.08. The van der Waals surface area contributed by atoms with Gasteiger partial charge in [0.05, 0.1) is 12.0 Å². The van der Waals surface area contributed by atoms with E-state index in [1.807, 2.05) is 12.1 Å². The molecular weight excluding hydrogens is 126 g/mol. The molecule has 0 saturated heterocycles. The highest BCUT2D eigenvalue weighted by atomic mass is 16.3. The highest BCUT2D eigenvalue weighted by Crippen LogP contribution is 2.21. The van der Waals surface area contributed by atoms with Crippen molar-refractivity contribution in [3.8, 4) is 0 Å². The SMILES string of the molecule is [NH]c1cccc2occc12. The molecule has 1 aromatic heterocycles. The Balaban J connectivity index is 2.95. The number of hydrogen-bond donors (Lipinski definition) is 0. The standard InChI is InChI=1S/C8H6NO/c9-7-2-1-3-8-6(7)4-5-10-8/h1-5,9H. The second-order valence-corrected chi connectivity index (χ2v) is 2.14. The van der Waals surface area contributed by atoms with E-state index in [-0.39, 0.29) is 0 Å². The Labute approximate surface area is 58.2 Å². The first-order chi connectivity index (χ1) is 4.88. The summed E-state index contributed by atoms with van der Waals surface area (Å²) in [6, 6.07) is 7.22. The molecule has 2 rings (SSSR count). The van der Waals surface area contributed by atoms with E-state index in [0.29, 0.717) is 5.69 Å². The van der Waals surface area contributed by atoms with Crippen LogP contribution >= 0.6 is 0 Å². The van der Waals surface area contributed by atoms with Gasteiger partial charge < -0.3 is 10.2 Å². The van der Waals surface area contributed by atoms with Crippen LogP contribution in [0.2, 0.25) is 0 Å². The number of furan rings is 1. The van der Waals surface area contributed by atoms with Gasteiger partial charge in [-0.15, -0.1) is 0 Å².